The molecule has 1 aliphatic rings. The minimum absolute atomic E-state index is 0.0153. The summed E-state index contributed by atoms with van der Waals surface area (Å²) in [5.74, 6) is -0.342. The van der Waals surface area contributed by atoms with Gasteiger partial charge in [-0.3, -0.25) is 0 Å². The molecule has 27 heavy (non-hydrogen) atoms. The minimum atomic E-state index is -3.93. The van der Waals surface area contributed by atoms with Crippen LogP contribution in [0.1, 0.15) is 51.7 Å². The Labute approximate surface area is 157 Å². The lowest BCUT2D eigenvalue weighted by atomic mass is 9.90. The maximum atomic E-state index is 14.8. The number of ether oxygens (including phenoxy) is 1. The van der Waals surface area contributed by atoms with Crippen LogP contribution in [0.3, 0.4) is 0 Å². The Balaban J connectivity index is 2.20. The number of benzene rings is 1. The number of halogens is 3. The van der Waals surface area contributed by atoms with Crippen LogP contribution in [0.25, 0.3) is 0 Å². The summed E-state index contributed by atoms with van der Waals surface area (Å²) >= 11 is 0. The lowest BCUT2D eigenvalue weighted by molar-refractivity contribution is -0.148. The van der Waals surface area contributed by atoms with Crippen molar-refractivity contribution in [3.8, 4) is 11.8 Å². The van der Waals surface area contributed by atoms with E-state index in [1.807, 2.05) is 0 Å². The van der Waals surface area contributed by atoms with Gasteiger partial charge in [0.2, 0.25) is 0 Å². The first-order valence-electron chi connectivity index (χ1n) is 8.71. The van der Waals surface area contributed by atoms with Crippen molar-refractivity contribution in [2.45, 2.75) is 64.2 Å². The molecule has 1 amide bonds. The van der Waals surface area contributed by atoms with Gasteiger partial charge in [0.1, 0.15) is 11.4 Å². The Morgan fingerprint density at radius 2 is 1.93 bits per heavy atom. The summed E-state index contributed by atoms with van der Waals surface area (Å²) in [6.45, 7) is 5.53. The number of aliphatic hydroxyl groups is 1. The largest absolute Gasteiger partial charge is 0.444 e. The van der Waals surface area contributed by atoms with E-state index in [0.29, 0.717) is 0 Å². The average Bonchev–Trinajstić information content (AvgIpc) is 3.34. The van der Waals surface area contributed by atoms with Gasteiger partial charge in [0.25, 0.3) is 0 Å². The van der Waals surface area contributed by atoms with Crippen molar-refractivity contribution in [3.05, 3.63) is 35.1 Å². The van der Waals surface area contributed by atoms with E-state index in [-0.39, 0.29) is 18.0 Å². The molecule has 1 aliphatic carbocycles. The molecule has 0 saturated heterocycles. The molecule has 1 atom stereocenters. The number of nitrogens with one attached hydrogen (secondary N) is 1. The topological polar surface area (TPSA) is 58.6 Å². The van der Waals surface area contributed by atoms with Gasteiger partial charge in [-0.15, -0.1) is 0 Å². The third kappa shape index (κ3) is 5.39. The molecule has 7 heteroatoms. The summed E-state index contributed by atoms with van der Waals surface area (Å²) in [5.41, 5.74) is -4.57. The molecule has 0 radical (unpaired) electrons. The summed E-state index contributed by atoms with van der Waals surface area (Å²) in [5, 5.41) is 12.5. The molecule has 2 N–H and O–H groups in total. The van der Waals surface area contributed by atoms with E-state index < -0.39 is 34.6 Å². The fraction of sp³-hybridized carbons (Fsp3) is 0.550. The summed E-state index contributed by atoms with van der Waals surface area (Å²) < 4.78 is 49.2. The number of hydrogen-bond acceptors (Lipinski definition) is 3. The van der Waals surface area contributed by atoms with Crippen molar-refractivity contribution in [3.63, 3.8) is 0 Å². The first kappa shape index (κ1) is 21.1. The minimum Gasteiger partial charge on any atom is -0.444 e. The third-order valence-corrected chi connectivity index (χ3v) is 3.95. The van der Waals surface area contributed by atoms with Crippen LogP contribution in [0.2, 0.25) is 0 Å². The van der Waals surface area contributed by atoms with Crippen molar-refractivity contribution >= 4 is 6.09 Å². The highest BCUT2D eigenvalue weighted by atomic mass is 19.3. The predicted molar refractivity (Wildman–Crippen MR) is 94.5 cm³/mol. The summed E-state index contributed by atoms with van der Waals surface area (Å²) in [4.78, 5) is 11.7. The number of rotatable bonds is 4. The highest BCUT2D eigenvalue weighted by molar-refractivity contribution is 5.67. The molecular formula is C20H24F3NO3. The number of carbonyl (C=O) groups excluding carboxylic acids is 1. The zero-order valence-corrected chi connectivity index (χ0v) is 15.8. The molecule has 1 saturated carbocycles. The number of carbonyl (C=O) groups is 1. The number of hydrogen-bond donors (Lipinski definition) is 2. The molecule has 1 aromatic rings. The van der Waals surface area contributed by atoms with E-state index in [1.165, 1.54) is 12.1 Å². The van der Waals surface area contributed by atoms with Crippen molar-refractivity contribution in [2.75, 3.05) is 0 Å². The first-order valence-corrected chi connectivity index (χ1v) is 8.71. The van der Waals surface area contributed by atoms with Crippen LogP contribution in [-0.4, -0.2) is 22.4 Å². The number of amides is 1. The van der Waals surface area contributed by atoms with Crippen molar-refractivity contribution in [1.29, 1.82) is 0 Å². The van der Waals surface area contributed by atoms with Gasteiger partial charge in [-0.05, 0) is 46.6 Å². The second kappa shape index (κ2) is 7.43. The van der Waals surface area contributed by atoms with Crippen LogP contribution in [0.4, 0.5) is 18.0 Å². The van der Waals surface area contributed by atoms with Gasteiger partial charge >= 0.3 is 12.0 Å². The quantitative estimate of drug-likeness (QED) is 0.770. The Morgan fingerprint density at radius 1 is 1.30 bits per heavy atom. The van der Waals surface area contributed by atoms with Crippen LogP contribution in [0, 0.1) is 23.6 Å². The Morgan fingerprint density at radius 3 is 2.48 bits per heavy atom. The smallest absolute Gasteiger partial charge is 0.407 e. The Hall–Kier alpha value is -2.20. The molecule has 0 aromatic heterocycles. The van der Waals surface area contributed by atoms with Gasteiger partial charge in [-0.1, -0.05) is 24.0 Å². The molecule has 4 nitrogen and oxygen atoms in total. The van der Waals surface area contributed by atoms with Crippen molar-refractivity contribution in [2.24, 2.45) is 5.92 Å². The zero-order valence-electron chi connectivity index (χ0n) is 15.8. The lowest BCUT2D eigenvalue weighted by Crippen LogP contribution is -2.43. The molecule has 148 valence electrons. The summed E-state index contributed by atoms with van der Waals surface area (Å²) in [7, 11) is 0. The second-order valence-corrected chi connectivity index (χ2v) is 7.82. The molecule has 1 fully saturated rings. The molecule has 0 bridgehead atoms. The van der Waals surface area contributed by atoms with Gasteiger partial charge in [-0.25, -0.2) is 9.18 Å². The van der Waals surface area contributed by atoms with Crippen LogP contribution in [0.15, 0.2) is 18.2 Å². The highest BCUT2D eigenvalue weighted by Gasteiger charge is 2.51. The van der Waals surface area contributed by atoms with E-state index in [9.17, 15) is 23.1 Å². The molecule has 1 unspecified atom stereocenters. The second-order valence-electron chi connectivity index (χ2n) is 7.82. The summed E-state index contributed by atoms with van der Waals surface area (Å²) in [6, 6.07) is 3.42. The third-order valence-electron chi connectivity index (χ3n) is 3.95. The lowest BCUT2D eigenvalue weighted by Gasteiger charge is -2.29. The van der Waals surface area contributed by atoms with Crippen molar-refractivity contribution in [1.82, 2.24) is 5.32 Å². The monoisotopic (exact) mass is 383 g/mol. The van der Waals surface area contributed by atoms with Crippen molar-refractivity contribution < 1.29 is 27.8 Å². The first-order chi connectivity index (χ1) is 12.3. The van der Waals surface area contributed by atoms with Crippen LogP contribution >= 0.6 is 0 Å². The SMILES string of the molecule is CC(C)(C)OC(=O)NCc1cccc(C(F)(F)C(C)(O)C#CC2CC2)c1F. The van der Waals surface area contributed by atoms with Crippen LogP contribution < -0.4 is 5.32 Å². The maximum Gasteiger partial charge on any atom is 0.407 e. The van der Waals surface area contributed by atoms with Gasteiger partial charge in [-0.2, -0.15) is 8.78 Å². The molecular weight excluding hydrogens is 359 g/mol. The molecule has 1 aromatic carbocycles. The van der Waals surface area contributed by atoms with Gasteiger partial charge in [0, 0.05) is 18.0 Å². The maximum absolute atomic E-state index is 14.8. The molecule has 0 spiro atoms. The summed E-state index contributed by atoms with van der Waals surface area (Å²) in [6.07, 6.45) is 0.838. The predicted octanol–water partition coefficient (Wildman–Crippen LogP) is 4.11. The average molecular weight is 383 g/mol. The number of alkyl carbamates (subject to hydrolysis) is 1. The van der Waals surface area contributed by atoms with E-state index in [2.05, 4.69) is 17.2 Å². The van der Waals surface area contributed by atoms with Gasteiger partial charge in [0.05, 0.1) is 5.56 Å². The molecule has 2 rings (SSSR count). The normalized spacial score (nSPS) is 16.7. The molecule has 0 aliphatic heterocycles. The van der Waals surface area contributed by atoms with Gasteiger partial charge in [0.15, 0.2) is 5.60 Å². The Bertz CT molecular complexity index is 769. The van der Waals surface area contributed by atoms with Crippen LogP contribution in [-0.2, 0) is 17.2 Å². The van der Waals surface area contributed by atoms with E-state index in [1.54, 1.807) is 20.8 Å². The fourth-order valence-electron chi connectivity index (χ4n) is 2.25. The van der Waals surface area contributed by atoms with E-state index in [0.717, 1.165) is 25.8 Å². The van der Waals surface area contributed by atoms with Crippen LogP contribution in [0.5, 0.6) is 0 Å². The van der Waals surface area contributed by atoms with E-state index >= 15 is 0 Å². The van der Waals surface area contributed by atoms with E-state index in [4.69, 9.17) is 4.74 Å². The fourth-order valence-corrected chi connectivity index (χ4v) is 2.25. The van der Waals surface area contributed by atoms with Gasteiger partial charge < -0.3 is 15.2 Å². The highest BCUT2D eigenvalue weighted by Crippen LogP contribution is 2.41. The standard InChI is InChI=1S/C20H24F3NO3/c1-18(2,3)27-17(25)24-12-14-6-5-7-15(16(14)21)20(22,23)19(4,26)11-10-13-8-9-13/h5-7,13,26H,8-9,12H2,1-4H3,(H,24,25). The Kier molecular flexibility index (Phi) is 5.81. The zero-order chi connectivity index (χ0) is 20.5. The molecule has 0 heterocycles. The number of alkyl halides is 2.